The van der Waals surface area contributed by atoms with E-state index in [0.29, 0.717) is 12.5 Å². The minimum Gasteiger partial charge on any atom is -0.390 e. The molecule has 0 spiro atoms. The molecule has 14 heavy (non-hydrogen) atoms. The number of aliphatic hydroxyl groups is 1. The number of ether oxygens (including phenoxy) is 1. The lowest BCUT2D eigenvalue weighted by atomic mass is 9.80. The van der Waals surface area contributed by atoms with Crippen LogP contribution in [0.5, 0.6) is 0 Å². The molecule has 1 aliphatic heterocycles. The van der Waals surface area contributed by atoms with E-state index in [1.807, 2.05) is 0 Å². The van der Waals surface area contributed by atoms with Crippen molar-refractivity contribution in [2.45, 2.75) is 64.6 Å². The van der Waals surface area contributed by atoms with Crippen molar-refractivity contribution in [2.24, 2.45) is 5.92 Å². The van der Waals surface area contributed by atoms with Gasteiger partial charge in [-0.2, -0.15) is 0 Å². The molecule has 2 heteroatoms. The first kappa shape index (κ1) is 12.0. The molecule has 0 amide bonds. The summed E-state index contributed by atoms with van der Waals surface area (Å²) < 4.78 is 5.61. The predicted octanol–water partition coefficient (Wildman–Crippen LogP) is 2.74. The van der Waals surface area contributed by atoms with Crippen LogP contribution in [0.25, 0.3) is 0 Å². The summed E-state index contributed by atoms with van der Waals surface area (Å²) in [5.74, 6) is 0.671. The summed E-state index contributed by atoms with van der Waals surface area (Å²) in [7, 11) is 0. The molecule has 1 saturated heterocycles. The molecular weight excluding hydrogens is 176 g/mol. The summed E-state index contributed by atoms with van der Waals surface area (Å²) in [5, 5.41) is 10.4. The van der Waals surface area contributed by atoms with Gasteiger partial charge in [0.25, 0.3) is 0 Å². The average molecular weight is 200 g/mol. The van der Waals surface area contributed by atoms with Crippen LogP contribution in [-0.4, -0.2) is 22.9 Å². The van der Waals surface area contributed by atoms with E-state index in [9.17, 15) is 5.11 Å². The van der Waals surface area contributed by atoms with Crippen molar-refractivity contribution >= 4 is 0 Å². The summed E-state index contributed by atoms with van der Waals surface area (Å²) in [6.45, 7) is 9.22. The zero-order valence-corrected chi connectivity index (χ0v) is 9.97. The Labute approximate surface area is 87.7 Å². The van der Waals surface area contributed by atoms with Crippen molar-refractivity contribution in [1.82, 2.24) is 0 Å². The van der Waals surface area contributed by atoms with Gasteiger partial charge in [0.15, 0.2) is 0 Å². The quantitative estimate of drug-likeness (QED) is 0.759. The molecule has 1 N–H and O–H groups in total. The highest BCUT2D eigenvalue weighted by Gasteiger charge is 2.38. The van der Waals surface area contributed by atoms with Crippen LogP contribution < -0.4 is 0 Å². The Morgan fingerprint density at radius 2 is 2.00 bits per heavy atom. The van der Waals surface area contributed by atoms with Gasteiger partial charge in [-0.15, -0.1) is 0 Å². The van der Waals surface area contributed by atoms with Gasteiger partial charge in [-0.1, -0.05) is 13.8 Å². The van der Waals surface area contributed by atoms with Crippen LogP contribution >= 0.6 is 0 Å². The van der Waals surface area contributed by atoms with Crippen LogP contribution in [0.1, 0.15) is 53.4 Å². The van der Waals surface area contributed by atoms with E-state index in [-0.39, 0.29) is 5.60 Å². The molecule has 0 aliphatic carbocycles. The topological polar surface area (TPSA) is 29.5 Å². The molecule has 1 unspecified atom stereocenters. The average Bonchev–Trinajstić information content (AvgIpc) is 1.98. The summed E-state index contributed by atoms with van der Waals surface area (Å²) >= 11 is 0. The molecule has 1 rings (SSSR count). The molecule has 0 radical (unpaired) electrons. The zero-order chi connectivity index (χ0) is 10.8. The molecule has 1 aliphatic rings. The smallest absolute Gasteiger partial charge is 0.0697 e. The monoisotopic (exact) mass is 200 g/mol. The Balaban J connectivity index is 2.47. The van der Waals surface area contributed by atoms with Crippen molar-refractivity contribution in [3.63, 3.8) is 0 Å². The third-order valence-electron chi connectivity index (χ3n) is 3.00. The minimum absolute atomic E-state index is 0.149. The molecular formula is C12H24O2. The molecule has 1 fully saturated rings. The van der Waals surface area contributed by atoms with Gasteiger partial charge in [0.05, 0.1) is 17.8 Å². The Bertz CT molecular complexity index is 187. The lowest BCUT2D eigenvalue weighted by Crippen LogP contribution is -2.45. The van der Waals surface area contributed by atoms with Crippen LogP contribution in [0.15, 0.2) is 0 Å². The molecule has 0 saturated carbocycles. The van der Waals surface area contributed by atoms with Crippen LogP contribution in [0.3, 0.4) is 0 Å². The van der Waals surface area contributed by atoms with Crippen molar-refractivity contribution < 1.29 is 9.84 Å². The molecule has 0 bridgehead atoms. The maximum absolute atomic E-state index is 10.4. The normalized spacial score (nSPS) is 32.1. The third-order valence-corrected chi connectivity index (χ3v) is 3.00. The summed E-state index contributed by atoms with van der Waals surface area (Å²) in [5.41, 5.74) is -0.629. The fourth-order valence-corrected chi connectivity index (χ4v) is 2.22. The summed E-state index contributed by atoms with van der Waals surface area (Å²) in [6.07, 6.45) is 3.58. The Morgan fingerprint density at radius 3 is 2.50 bits per heavy atom. The van der Waals surface area contributed by atoms with E-state index in [0.717, 1.165) is 25.7 Å². The fourth-order valence-electron chi connectivity index (χ4n) is 2.22. The molecule has 0 aromatic rings. The van der Waals surface area contributed by atoms with Crippen LogP contribution in [0, 0.1) is 5.92 Å². The highest BCUT2D eigenvalue weighted by Crippen LogP contribution is 2.35. The summed E-state index contributed by atoms with van der Waals surface area (Å²) in [6, 6.07) is 0. The highest BCUT2D eigenvalue weighted by molar-refractivity contribution is 4.90. The van der Waals surface area contributed by atoms with E-state index in [4.69, 9.17) is 4.74 Å². The van der Waals surface area contributed by atoms with E-state index >= 15 is 0 Å². The molecule has 1 atom stereocenters. The first-order valence-corrected chi connectivity index (χ1v) is 5.69. The minimum atomic E-state index is -0.480. The highest BCUT2D eigenvalue weighted by atomic mass is 16.5. The van der Waals surface area contributed by atoms with Crippen molar-refractivity contribution in [1.29, 1.82) is 0 Å². The van der Waals surface area contributed by atoms with Gasteiger partial charge in [-0.05, 0) is 39.0 Å². The Hall–Kier alpha value is -0.0800. The lowest BCUT2D eigenvalue weighted by molar-refractivity contribution is -0.147. The first-order valence-electron chi connectivity index (χ1n) is 5.69. The molecule has 2 nitrogen and oxygen atoms in total. The van der Waals surface area contributed by atoms with Gasteiger partial charge in [0, 0.05) is 6.42 Å². The van der Waals surface area contributed by atoms with E-state index in [1.165, 1.54) is 0 Å². The molecule has 0 aromatic heterocycles. The maximum atomic E-state index is 10.4. The molecule has 0 aromatic carbocycles. The van der Waals surface area contributed by atoms with Crippen LogP contribution in [0.2, 0.25) is 0 Å². The zero-order valence-electron chi connectivity index (χ0n) is 9.97. The van der Waals surface area contributed by atoms with Gasteiger partial charge in [-0.25, -0.2) is 0 Å². The van der Waals surface area contributed by atoms with E-state index < -0.39 is 5.60 Å². The molecule has 84 valence electrons. The van der Waals surface area contributed by atoms with Gasteiger partial charge in [0.1, 0.15) is 0 Å². The second kappa shape index (κ2) is 4.19. The second-order valence-electron chi connectivity index (χ2n) is 5.69. The third kappa shape index (κ3) is 3.58. The van der Waals surface area contributed by atoms with Gasteiger partial charge in [-0.3, -0.25) is 0 Å². The predicted molar refractivity (Wildman–Crippen MR) is 58.3 cm³/mol. The Morgan fingerprint density at radius 1 is 1.36 bits per heavy atom. The largest absolute Gasteiger partial charge is 0.390 e. The van der Waals surface area contributed by atoms with Gasteiger partial charge in [0.2, 0.25) is 0 Å². The van der Waals surface area contributed by atoms with E-state index in [2.05, 4.69) is 27.7 Å². The number of hydrogen-bond donors (Lipinski definition) is 1. The fraction of sp³-hybridized carbons (Fsp3) is 1.00. The second-order valence-corrected chi connectivity index (χ2v) is 5.69. The van der Waals surface area contributed by atoms with Crippen LogP contribution in [-0.2, 0) is 4.74 Å². The van der Waals surface area contributed by atoms with E-state index in [1.54, 1.807) is 0 Å². The maximum Gasteiger partial charge on any atom is 0.0697 e. The summed E-state index contributed by atoms with van der Waals surface area (Å²) in [4.78, 5) is 0. The van der Waals surface area contributed by atoms with Crippen molar-refractivity contribution in [3.05, 3.63) is 0 Å². The van der Waals surface area contributed by atoms with Crippen LogP contribution in [0.4, 0.5) is 0 Å². The van der Waals surface area contributed by atoms with Gasteiger partial charge >= 0.3 is 0 Å². The number of rotatable bonds is 3. The standard InChI is InChI=1S/C12H24O2/c1-10(2)5-6-12(13)7-8-14-11(3,4)9-12/h10,13H,5-9H2,1-4H3. The lowest BCUT2D eigenvalue weighted by Gasteiger charge is -2.41. The first-order chi connectivity index (χ1) is 6.33. The number of hydrogen-bond acceptors (Lipinski definition) is 2. The molecule has 1 heterocycles. The van der Waals surface area contributed by atoms with Crippen molar-refractivity contribution in [3.8, 4) is 0 Å². The Kier molecular flexibility index (Phi) is 3.59. The van der Waals surface area contributed by atoms with Gasteiger partial charge < -0.3 is 9.84 Å². The van der Waals surface area contributed by atoms with Crippen molar-refractivity contribution in [2.75, 3.05) is 6.61 Å². The SMILES string of the molecule is CC(C)CCC1(O)CCOC(C)(C)C1.